The van der Waals surface area contributed by atoms with E-state index in [9.17, 15) is 0 Å². The Morgan fingerprint density at radius 1 is 1.42 bits per heavy atom. The van der Waals surface area contributed by atoms with Crippen molar-refractivity contribution in [3.05, 3.63) is 35.2 Å². The molecule has 2 aromatic rings. The van der Waals surface area contributed by atoms with Gasteiger partial charge in [0, 0.05) is 17.1 Å². The zero-order valence-corrected chi connectivity index (χ0v) is 12.1. The van der Waals surface area contributed by atoms with Crippen LogP contribution in [0.15, 0.2) is 28.8 Å². The zero-order valence-electron chi connectivity index (χ0n) is 10.5. The van der Waals surface area contributed by atoms with Crippen molar-refractivity contribution in [1.29, 1.82) is 0 Å². The number of benzene rings is 1. The highest BCUT2D eigenvalue weighted by Gasteiger charge is 2.36. The first-order valence-corrected chi connectivity index (χ1v) is 6.36. The predicted molar refractivity (Wildman–Crippen MR) is 76.8 cm³/mol. The molecule has 1 N–H and O–H groups in total. The van der Waals surface area contributed by atoms with Crippen LogP contribution in [0.4, 0.5) is 0 Å². The molecule has 0 spiro atoms. The summed E-state index contributed by atoms with van der Waals surface area (Å²) in [5, 5.41) is 8.04. The zero-order chi connectivity index (χ0) is 12.6. The van der Waals surface area contributed by atoms with Crippen LogP contribution >= 0.6 is 24.0 Å². The molecule has 1 atom stereocenters. The molecule has 3 rings (SSSR count). The highest BCUT2D eigenvalue weighted by Crippen LogP contribution is 2.30. The molecule has 0 saturated carbocycles. The molecule has 1 unspecified atom stereocenters. The van der Waals surface area contributed by atoms with Gasteiger partial charge in [0.15, 0.2) is 0 Å². The van der Waals surface area contributed by atoms with E-state index in [1.165, 1.54) is 0 Å². The van der Waals surface area contributed by atoms with E-state index < -0.39 is 0 Å². The Morgan fingerprint density at radius 3 is 2.95 bits per heavy atom. The Balaban J connectivity index is 0.00000133. The minimum absolute atomic E-state index is 0. The van der Waals surface area contributed by atoms with E-state index in [-0.39, 0.29) is 17.8 Å². The second-order valence-corrected chi connectivity index (χ2v) is 5.36. The summed E-state index contributed by atoms with van der Waals surface area (Å²) < 4.78 is 5.40. The van der Waals surface area contributed by atoms with Crippen molar-refractivity contribution >= 4 is 24.0 Å². The lowest BCUT2D eigenvalue weighted by Crippen LogP contribution is -2.25. The van der Waals surface area contributed by atoms with Crippen LogP contribution in [-0.2, 0) is 5.41 Å². The van der Waals surface area contributed by atoms with Crippen LogP contribution in [0.3, 0.4) is 0 Å². The summed E-state index contributed by atoms with van der Waals surface area (Å²) in [5.74, 6) is 1.29. The molecule has 1 aliphatic rings. The lowest BCUT2D eigenvalue weighted by molar-refractivity contribution is 0.306. The lowest BCUT2D eigenvalue weighted by Gasteiger charge is -2.15. The van der Waals surface area contributed by atoms with E-state index in [2.05, 4.69) is 22.4 Å². The third-order valence-electron chi connectivity index (χ3n) is 3.39. The van der Waals surface area contributed by atoms with Gasteiger partial charge in [-0.3, -0.25) is 0 Å². The number of halogens is 2. The fraction of sp³-hybridized carbons (Fsp3) is 0.385. The third-order valence-corrected chi connectivity index (χ3v) is 3.63. The normalized spacial score (nSPS) is 22.2. The average Bonchev–Trinajstić information content (AvgIpc) is 2.98. The van der Waals surface area contributed by atoms with Crippen LogP contribution in [-0.4, -0.2) is 23.2 Å². The van der Waals surface area contributed by atoms with Crippen LogP contribution in [0.5, 0.6) is 0 Å². The Labute approximate surface area is 122 Å². The standard InChI is InChI=1S/C13H14ClN3O.ClH/c1-13(5-6-15-8-13)12-16-11(17-18-12)9-3-2-4-10(14)7-9;/h2-4,7,15H,5-6,8H2,1H3;1H. The highest BCUT2D eigenvalue weighted by atomic mass is 35.5. The number of rotatable bonds is 2. The molecule has 2 heterocycles. The second-order valence-electron chi connectivity index (χ2n) is 4.92. The summed E-state index contributed by atoms with van der Waals surface area (Å²) in [5.41, 5.74) is 0.830. The van der Waals surface area contributed by atoms with Crippen LogP contribution in [0, 0.1) is 0 Å². The van der Waals surface area contributed by atoms with Crippen LogP contribution < -0.4 is 5.32 Å². The van der Waals surface area contributed by atoms with Crippen molar-refractivity contribution in [2.45, 2.75) is 18.8 Å². The maximum Gasteiger partial charge on any atom is 0.234 e. The molecule has 6 heteroatoms. The van der Waals surface area contributed by atoms with Gasteiger partial charge in [0.25, 0.3) is 0 Å². The van der Waals surface area contributed by atoms with Crippen molar-refractivity contribution in [2.24, 2.45) is 0 Å². The van der Waals surface area contributed by atoms with Crippen LogP contribution in [0.25, 0.3) is 11.4 Å². The molecule has 0 aliphatic carbocycles. The fourth-order valence-electron chi connectivity index (χ4n) is 2.21. The van der Waals surface area contributed by atoms with Gasteiger partial charge in [-0.15, -0.1) is 12.4 Å². The second kappa shape index (κ2) is 5.49. The van der Waals surface area contributed by atoms with Gasteiger partial charge in [-0.25, -0.2) is 0 Å². The van der Waals surface area contributed by atoms with Crippen molar-refractivity contribution in [2.75, 3.05) is 13.1 Å². The summed E-state index contributed by atoms with van der Waals surface area (Å²) in [6.45, 7) is 4.01. The van der Waals surface area contributed by atoms with E-state index >= 15 is 0 Å². The highest BCUT2D eigenvalue weighted by molar-refractivity contribution is 6.30. The number of hydrogen-bond acceptors (Lipinski definition) is 4. The molecule has 4 nitrogen and oxygen atoms in total. The first-order chi connectivity index (χ1) is 8.67. The molecule has 0 amide bonds. The molecule has 0 bridgehead atoms. The van der Waals surface area contributed by atoms with Crippen molar-refractivity contribution in [3.8, 4) is 11.4 Å². The van der Waals surface area contributed by atoms with Gasteiger partial charge in [0.1, 0.15) is 0 Å². The van der Waals surface area contributed by atoms with Gasteiger partial charge in [0.2, 0.25) is 11.7 Å². The minimum Gasteiger partial charge on any atom is -0.338 e. The summed E-state index contributed by atoms with van der Waals surface area (Å²) in [6, 6.07) is 7.47. The molecular formula is C13H15Cl2N3O. The first-order valence-electron chi connectivity index (χ1n) is 5.98. The monoisotopic (exact) mass is 299 g/mol. The lowest BCUT2D eigenvalue weighted by atomic mass is 9.90. The van der Waals surface area contributed by atoms with E-state index in [1.54, 1.807) is 0 Å². The van der Waals surface area contributed by atoms with Gasteiger partial charge in [-0.1, -0.05) is 28.9 Å². The topological polar surface area (TPSA) is 51.0 Å². The molecule has 19 heavy (non-hydrogen) atoms. The van der Waals surface area contributed by atoms with Gasteiger partial charge in [-0.05, 0) is 32.0 Å². The van der Waals surface area contributed by atoms with Gasteiger partial charge in [-0.2, -0.15) is 4.98 Å². The van der Waals surface area contributed by atoms with Gasteiger partial charge < -0.3 is 9.84 Å². The Bertz CT molecular complexity index is 565. The molecule has 1 aliphatic heterocycles. The molecular weight excluding hydrogens is 285 g/mol. The molecule has 0 radical (unpaired) electrons. The van der Waals surface area contributed by atoms with Crippen LogP contribution in [0.1, 0.15) is 19.2 Å². The summed E-state index contributed by atoms with van der Waals surface area (Å²) in [4.78, 5) is 4.50. The van der Waals surface area contributed by atoms with E-state index in [0.717, 1.165) is 25.1 Å². The average molecular weight is 300 g/mol. The maximum absolute atomic E-state index is 5.96. The molecule has 1 aromatic carbocycles. The van der Waals surface area contributed by atoms with Crippen molar-refractivity contribution in [1.82, 2.24) is 15.5 Å². The van der Waals surface area contributed by atoms with Crippen LogP contribution in [0.2, 0.25) is 5.02 Å². The number of nitrogens with zero attached hydrogens (tertiary/aromatic N) is 2. The molecule has 1 aromatic heterocycles. The summed E-state index contributed by atoms with van der Waals surface area (Å²) in [6.07, 6.45) is 1.02. The van der Waals surface area contributed by atoms with Gasteiger partial charge >= 0.3 is 0 Å². The smallest absolute Gasteiger partial charge is 0.234 e. The van der Waals surface area contributed by atoms with Crippen molar-refractivity contribution in [3.63, 3.8) is 0 Å². The minimum atomic E-state index is -0.0518. The third kappa shape index (κ3) is 2.76. The Morgan fingerprint density at radius 2 is 2.26 bits per heavy atom. The van der Waals surface area contributed by atoms with E-state index in [0.29, 0.717) is 16.7 Å². The fourth-order valence-corrected chi connectivity index (χ4v) is 2.40. The molecule has 102 valence electrons. The van der Waals surface area contributed by atoms with Gasteiger partial charge in [0.05, 0.1) is 5.41 Å². The quantitative estimate of drug-likeness (QED) is 0.926. The number of hydrogen-bond donors (Lipinski definition) is 1. The summed E-state index contributed by atoms with van der Waals surface area (Å²) >= 11 is 5.96. The molecule has 1 saturated heterocycles. The number of aromatic nitrogens is 2. The maximum atomic E-state index is 5.96. The van der Waals surface area contributed by atoms with Crippen molar-refractivity contribution < 1.29 is 4.52 Å². The Kier molecular flexibility index (Phi) is 4.13. The predicted octanol–water partition coefficient (Wildman–Crippen LogP) is 3.06. The number of nitrogens with one attached hydrogen (secondary N) is 1. The van der Waals surface area contributed by atoms with E-state index in [1.807, 2.05) is 24.3 Å². The SMILES string of the molecule is CC1(c2nc(-c3cccc(Cl)c3)no2)CCNC1.Cl. The molecule has 1 fully saturated rings. The largest absolute Gasteiger partial charge is 0.338 e. The van der Waals surface area contributed by atoms with E-state index in [4.69, 9.17) is 16.1 Å². The summed E-state index contributed by atoms with van der Waals surface area (Å²) in [7, 11) is 0. The first kappa shape index (κ1) is 14.3. The Hall–Kier alpha value is -1.10.